The predicted molar refractivity (Wildman–Crippen MR) is 67.4 cm³/mol. The molecule has 0 bridgehead atoms. The Morgan fingerprint density at radius 1 is 1.25 bits per heavy atom. The Labute approximate surface area is 99.3 Å². The highest BCUT2D eigenvalue weighted by Crippen LogP contribution is 2.14. The fourth-order valence-electron chi connectivity index (χ4n) is 1.91. The Hall–Kier alpha value is -0.130. The number of likely N-dealkylation sites (tertiary alicyclic amines) is 1. The van der Waals surface area contributed by atoms with Crippen LogP contribution in [0.2, 0.25) is 0 Å². The van der Waals surface area contributed by atoms with Gasteiger partial charge in [-0.1, -0.05) is 6.92 Å². The molecule has 4 nitrogen and oxygen atoms in total. The molecule has 1 saturated heterocycles. The van der Waals surface area contributed by atoms with Crippen molar-refractivity contribution in [3.8, 4) is 0 Å². The van der Waals surface area contributed by atoms with E-state index in [1.165, 1.54) is 32.2 Å². The van der Waals surface area contributed by atoms with Gasteiger partial charge in [-0.25, -0.2) is 8.42 Å². The standard InChI is InChI=1S/C11H24N2O2S/c1-11-3-7-13(8-4-11)9-5-12-6-10-16(2,14)15/h11-12H,3-10H2,1-2H3. The fourth-order valence-corrected chi connectivity index (χ4v) is 2.42. The van der Waals surface area contributed by atoms with E-state index in [1.54, 1.807) is 0 Å². The summed E-state index contributed by atoms with van der Waals surface area (Å²) in [6.07, 6.45) is 3.87. The van der Waals surface area contributed by atoms with E-state index in [4.69, 9.17) is 0 Å². The lowest BCUT2D eigenvalue weighted by atomic mass is 9.99. The minimum atomic E-state index is -2.81. The van der Waals surface area contributed by atoms with E-state index in [1.807, 2.05) is 0 Å². The maximum atomic E-state index is 10.9. The van der Waals surface area contributed by atoms with Gasteiger partial charge in [-0.2, -0.15) is 0 Å². The molecular formula is C11H24N2O2S. The van der Waals surface area contributed by atoms with E-state index < -0.39 is 9.84 Å². The lowest BCUT2D eigenvalue weighted by molar-refractivity contribution is 0.193. The molecule has 0 amide bonds. The summed E-state index contributed by atoms with van der Waals surface area (Å²) in [7, 11) is -2.81. The van der Waals surface area contributed by atoms with E-state index in [9.17, 15) is 8.42 Å². The number of hydrogen-bond donors (Lipinski definition) is 1. The van der Waals surface area contributed by atoms with Crippen LogP contribution in [0.25, 0.3) is 0 Å². The highest BCUT2D eigenvalue weighted by molar-refractivity contribution is 7.90. The summed E-state index contributed by atoms with van der Waals surface area (Å²) < 4.78 is 21.8. The maximum absolute atomic E-state index is 10.9. The molecule has 1 N–H and O–H groups in total. The maximum Gasteiger partial charge on any atom is 0.148 e. The number of hydrogen-bond acceptors (Lipinski definition) is 4. The Bertz CT molecular complexity index is 282. The van der Waals surface area contributed by atoms with Gasteiger partial charge in [-0.15, -0.1) is 0 Å². The summed E-state index contributed by atoms with van der Waals surface area (Å²) in [5.74, 6) is 1.11. The average Bonchev–Trinajstić information content (AvgIpc) is 2.19. The lowest BCUT2D eigenvalue weighted by Gasteiger charge is -2.30. The average molecular weight is 248 g/mol. The van der Waals surface area contributed by atoms with Crippen molar-refractivity contribution in [3.63, 3.8) is 0 Å². The second-order valence-corrected chi connectivity index (χ2v) is 7.16. The molecule has 0 unspecified atom stereocenters. The number of nitrogens with zero attached hydrogens (tertiary/aromatic N) is 1. The van der Waals surface area contributed by atoms with Gasteiger partial charge in [0, 0.05) is 25.9 Å². The van der Waals surface area contributed by atoms with E-state index in [0.29, 0.717) is 6.54 Å². The molecule has 96 valence electrons. The molecule has 0 radical (unpaired) electrons. The van der Waals surface area contributed by atoms with E-state index in [0.717, 1.165) is 19.0 Å². The zero-order valence-corrected chi connectivity index (χ0v) is 11.2. The van der Waals surface area contributed by atoms with Crippen molar-refractivity contribution in [2.75, 3.05) is 44.7 Å². The fraction of sp³-hybridized carbons (Fsp3) is 1.00. The molecule has 5 heteroatoms. The quantitative estimate of drug-likeness (QED) is 0.689. The zero-order valence-electron chi connectivity index (χ0n) is 10.4. The van der Waals surface area contributed by atoms with E-state index in [-0.39, 0.29) is 5.75 Å². The largest absolute Gasteiger partial charge is 0.314 e. The number of nitrogens with one attached hydrogen (secondary N) is 1. The molecule has 0 aromatic carbocycles. The summed E-state index contributed by atoms with van der Waals surface area (Å²) in [6.45, 7) is 7.19. The summed E-state index contributed by atoms with van der Waals surface area (Å²) in [4.78, 5) is 2.45. The molecule has 0 saturated carbocycles. The molecule has 16 heavy (non-hydrogen) atoms. The summed E-state index contributed by atoms with van der Waals surface area (Å²) >= 11 is 0. The third-order valence-corrected chi connectivity index (χ3v) is 4.08. The molecule has 1 fully saturated rings. The second kappa shape index (κ2) is 6.57. The van der Waals surface area contributed by atoms with Crippen LogP contribution in [0.5, 0.6) is 0 Å². The first-order valence-corrected chi connectivity index (χ1v) is 8.14. The van der Waals surface area contributed by atoms with Crippen molar-refractivity contribution in [1.29, 1.82) is 0 Å². The molecule has 1 rings (SSSR count). The van der Waals surface area contributed by atoms with E-state index in [2.05, 4.69) is 17.1 Å². The molecular weight excluding hydrogens is 224 g/mol. The van der Waals surface area contributed by atoms with Gasteiger partial charge in [0.1, 0.15) is 9.84 Å². The Morgan fingerprint density at radius 3 is 2.44 bits per heavy atom. The zero-order chi connectivity index (χ0) is 12.0. The molecule has 1 aliphatic heterocycles. The van der Waals surface area contributed by atoms with E-state index >= 15 is 0 Å². The van der Waals surface area contributed by atoms with Gasteiger partial charge in [-0.05, 0) is 31.8 Å². The minimum absolute atomic E-state index is 0.240. The molecule has 1 heterocycles. The number of sulfone groups is 1. The summed E-state index contributed by atoms with van der Waals surface area (Å²) in [5.41, 5.74) is 0. The van der Waals surface area contributed by atoms with Gasteiger partial charge in [0.05, 0.1) is 5.75 Å². The number of rotatable bonds is 6. The van der Waals surface area contributed by atoms with Crippen LogP contribution in [0.3, 0.4) is 0 Å². The third kappa shape index (κ3) is 6.45. The highest BCUT2D eigenvalue weighted by Gasteiger charge is 2.14. The first-order chi connectivity index (χ1) is 7.47. The van der Waals surface area contributed by atoms with Crippen LogP contribution >= 0.6 is 0 Å². The van der Waals surface area contributed by atoms with Gasteiger partial charge in [0.25, 0.3) is 0 Å². The lowest BCUT2D eigenvalue weighted by Crippen LogP contribution is -2.38. The van der Waals surface area contributed by atoms with Gasteiger partial charge in [-0.3, -0.25) is 0 Å². The van der Waals surface area contributed by atoms with Crippen molar-refractivity contribution < 1.29 is 8.42 Å². The van der Waals surface area contributed by atoms with Gasteiger partial charge >= 0.3 is 0 Å². The minimum Gasteiger partial charge on any atom is -0.314 e. The summed E-state index contributed by atoms with van der Waals surface area (Å²) in [5, 5.41) is 3.18. The molecule has 0 aromatic rings. The summed E-state index contributed by atoms with van der Waals surface area (Å²) in [6, 6.07) is 0. The second-order valence-electron chi connectivity index (χ2n) is 4.90. The van der Waals surface area contributed by atoms with Crippen molar-refractivity contribution in [2.45, 2.75) is 19.8 Å². The monoisotopic (exact) mass is 248 g/mol. The van der Waals surface area contributed by atoms with Crippen LogP contribution in [0, 0.1) is 5.92 Å². The number of piperidine rings is 1. The van der Waals surface area contributed by atoms with Gasteiger partial charge in [0.15, 0.2) is 0 Å². The molecule has 1 aliphatic rings. The Balaban J connectivity index is 1.99. The van der Waals surface area contributed by atoms with Crippen LogP contribution < -0.4 is 5.32 Å². The molecule has 0 aromatic heterocycles. The van der Waals surface area contributed by atoms with Crippen LogP contribution in [0.1, 0.15) is 19.8 Å². The van der Waals surface area contributed by atoms with Crippen LogP contribution in [-0.2, 0) is 9.84 Å². The Kier molecular flexibility index (Phi) is 5.72. The molecule has 0 aliphatic carbocycles. The van der Waals surface area contributed by atoms with Gasteiger partial charge in [0.2, 0.25) is 0 Å². The van der Waals surface area contributed by atoms with Crippen molar-refractivity contribution in [1.82, 2.24) is 10.2 Å². The SMILES string of the molecule is CC1CCN(CCNCCS(C)(=O)=O)CC1. The van der Waals surface area contributed by atoms with Crippen molar-refractivity contribution >= 4 is 9.84 Å². The smallest absolute Gasteiger partial charge is 0.148 e. The van der Waals surface area contributed by atoms with Crippen molar-refractivity contribution in [3.05, 3.63) is 0 Å². The van der Waals surface area contributed by atoms with Crippen molar-refractivity contribution in [2.24, 2.45) is 5.92 Å². The predicted octanol–water partition coefficient (Wildman–Crippen LogP) is 0.353. The first-order valence-electron chi connectivity index (χ1n) is 6.08. The molecule has 0 spiro atoms. The van der Waals surface area contributed by atoms with Crippen LogP contribution in [-0.4, -0.2) is 58.1 Å². The topological polar surface area (TPSA) is 49.4 Å². The van der Waals surface area contributed by atoms with Crippen LogP contribution in [0.15, 0.2) is 0 Å². The normalized spacial score (nSPS) is 20.1. The first kappa shape index (κ1) is 13.9. The molecule has 0 atom stereocenters. The third-order valence-electron chi connectivity index (χ3n) is 3.13. The highest BCUT2D eigenvalue weighted by atomic mass is 32.2. The van der Waals surface area contributed by atoms with Crippen LogP contribution in [0.4, 0.5) is 0 Å². The Morgan fingerprint density at radius 2 is 1.88 bits per heavy atom. The van der Waals surface area contributed by atoms with Gasteiger partial charge < -0.3 is 10.2 Å².